The van der Waals surface area contributed by atoms with E-state index in [2.05, 4.69) is 5.32 Å². The second kappa shape index (κ2) is 11.2. The molecule has 2 saturated heterocycles. The number of piperidine rings is 1. The van der Waals surface area contributed by atoms with Gasteiger partial charge in [-0.3, -0.25) is 24.5 Å². The van der Waals surface area contributed by atoms with Gasteiger partial charge in [0.25, 0.3) is 17.5 Å². The van der Waals surface area contributed by atoms with Crippen LogP contribution >= 0.6 is 0 Å². The first-order valence-corrected chi connectivity index (χ1v) is 13.3. The minimum absolute atomic E-state index is 0.0720. The lowest BCUT2D eigenvalue weighted by Crippen LogP contribution is -2.57. The van der Waals surface area contributed by atoms with Gasteiger partial charge in [-0.2, -0.15) is 0 Å². The van der Waals surface area contributed by atoms with Crippen LogP contribution in [0.5, 0.6) is 0 Å². The fraction of sp³-hybridized carbons (Fsp3) is 0.300. The number of carbonyl (C=O) groups is 3. The molecule has 206 valence electrons. The number of nitrogens with one attached hydrogen (secondary N) is 1. The van der Waals surface area contributed by atoms with E-state index in [4.69, 9.17) is 0 Å². The molecule has 0 aliphatic carbocycles. The normalized spacial score (nSPS) is 17.1. The predicted octanol–water partition coefficient (Wildman–Crippen LogP) is 3.75. The summed E-state index contributed by atoms with van der Waals surface area (Å²) in [4.78, 5) is 56.0. The van der Waals surface area contributed by atoms with Crippen LogP contribution in [-0.2, 0) is 9.59 Å². The van der Waals surface area contributed by atoms with Crippen molar-refractivity contribution in [3.8, 4) is 0 Å². The molecule has 2 heterocycles. The quantitative estimate of drug-likeness (QED) is 0.360. The van der Waals surface area contributed by atoms with Crippen molar-refractivity contribution in [2.24, 2.45) is 0 Å². The van der Waals surface area contributed by atoms with Crippen LogP contribution in [0.15, 0.2) is 84.9 Å². The molecule has 1 N–H and O–H groups in total. The summed E-state index contributed by atoms with van der Waals surface area (Å²) in [7, 11) is 0. The third-order valence-corrected chi connectivity index (χ3v) is 7.78. The van der Waals surface area contributed by atoms with E-state index in [1.165, 1.54) is 18.2 Å². The van der Waals surface area contributed by atoms with Gasteiger partial charge in [-0.25, -0.2) is 0 Å². The van der Waals surface area contributed by atoms with E-state index in [0.717, 1.165) is 11.3 Å². The summed E-state index contributed by atoms with van der Waals surface area (Å²) >= 11 is 0. The van der Waals surface area contributed by atoms with Crippen LogP contribution in [0.4, 0.5) is 11.4 Å². The number of nitrogens with zero attached hydrogens (tertiary/aromatic N) is 4. The third-order valence-electron chi connectivity index (χ3n) is 7.78. The van der Waals surface area contributed by atoms with Crippen molar-refractivity contribution in [2.75, 3.05) is 31.2 Å². The lowest BCUT2D eigenvalue weighted by molar-refractivity contribution is -0.384. The Kier molecular flexibility index (Phi) is 7.50. The number of hydrogen-bond acceptors (Lipinski definition) is 6. The van der Waals surface area contributed by atoms with Crippen LogP contribution in [0.25, 0.3) is 0 Å². The van der Waals surface area contributed by atoms with Crippen molar-refractivity contribution >= 4 is 29.1 Å². The van der Waals surface area contributed by atoms with Gasteiger partial charge in [0.1, 0.15) is 12.1 Å². The van der Waals surface area contributed by atoms with Crippen molar-refractivity contribution < 1.29 is 19.3 Å². The second-order valence-electron chi connectivity index (χ2n) is 10.2. The molecule has 3 aromatic rings. The van der Waals surface area contributed by atoms with Crippen molar-refractivity contribution in [1.29, 1.82) is 0 Å². The molecule has 3 aromatic carbocycles. The summed E-state index contributed by atoms with van der Waals surface area (Å²) in [5.74, 6) is -0.684. The number of carbonyl (C=O) groups excluding carboxylic acids is 3. The molecule has 0 bridgehead atoms. The van der Waals surface area contributed by atoms with Gasteiger partial charge in [-0.05, 0) is 43.5 Å². The van der Waals surface area contributed by atoms with E-state index in [1.807, 2.05) is 72.5 Å². The maximum absolute atomic E-state index is 13.9. The lowest BCUT2D eigenvalue weighted by atomic mass is 9.85. The van der Waals surface area contributed by atoms with Gasteiger partial charge in [0, 0.05) is 36.5 Å². The standard InChI is InChI=1S/C30H31N5O5/c1-22(23-9-4-2-5-10-23)31-27(36)20-33-21-34(25-12-6-3-7-13-25)30(29(33)38)15-17-32(18-16-30)28(37)24-11-8-14-26(19-24)35(39)40/h2-14,19,22H,15-18,20-21H2,1H3,(H,31,36). The van der Waals surface area contributed by atoms with E-state index in [0.29, 0.717) is 25.9 Å². The molecule has 0 aromatic heterocycles. The summed E-state index contributed by atoms with van der Waals surface area (Å²) < 4.78 is 0. The van der Waals surface area contributed by atoms with Gasteiger partial charge in [-0.1, -0.05) is 54.6 Å². The fourth-order valence-electron chi connectivity index (χ4n) is 5.62. The van der Waals surface area contributed by atoms with Crippen molar-refractivity contribution in [3.05, 3.63) is 106 Å². The van der Waals surface area contributed by atoms with Crippen LogP contribution in [0.2, 0.25) is 0 Å². The molecule has 3 amide bonds. The number of nitro benzene ring substituents is 1. The maximum atomic E-state index is 13.9. The highest BCUT2D eigenvalue weighted by Gasteiger charge is 2.54. The first-order chi connectivity index (χ1) is 19.3. The fourth-order valence-corrected chi connectivity index (χ4v) is 5.62. The van der Waals surface area contributed by atoms with Gasteiger partial charge in [0.2, 0.25) is 5.91 Å². The number of non-ortho nitro benzene ring substituents is 1. The van der Waals surface area contributed by atoms with Crippen molar-refractivity contribution in [1.82, 2.24) is 15.1 Å². The van der Waals surface area contributed by atoms with Crippen molar-refractivity contribution in [2.45, 2.75) is 31.3 Å². The number of rotatable bonds is 7. The molecule has 5 rings (SSSR count). The molecular weight excluding hydrogens is 510 g/mol. The van der Waals surface area contributed by atoms with Gasteiger partial charge in [0.15, 0.2) is 0 Å². The number of likely N-dealkylation sites (tertiary alicyclic amines) is 1. The van der Waals surface area contributed by atoms with Crippen LogP contribution in [0, 0.1) is 10.1 Å². The number of benzene rings is 3. The number of amides is 3. The minimum Gasteiger partial charge on any atom is -0.348 e. The maximum Gasteiger partial charge on any atom is 0.270 e. The average Bonchev–Trinajstić information content (AvgIpc) is 3.24. The first kappa shape index (κ1) is 26.9. The van der Waals surface area contributed by atoms with E-state index < -0.39 is 10.5 Å². The second-order valence-corrected chi connectivity index (χ2v) is 10.2. The highest BCUT2D eigenvalue weighted by atomic mass is 16.6. The Morgan fingerprint density at radius 3 is 2.27 bits per heavy atom. The molecule has 1 unspecified atom stereocenters. The Bertz CT molecular complexity index is 1410. The Labute approximate surface area is 232 Å². The molecule has 1 spiro atoms. The van der Waals surface area contributed by atoms with Crippen molar-refractivity contribution in [3.63, 3.8) is 0 Å². The summed E-state index contributed by atoms with van der Waals surface area (Å²) in [5, 5.41) is 14.2. The zero-order valence-corrected chi connectivity index (χ0v) is 22.2. The zero-order chi connectivity index (χ0) is 28.3. The lowest BCUT2D eigenvalue weighted by Gasteiger charge is -2.43. The molecular formula is C30H31N5O5. The Balaban J connectivity index is 1.32. The van der Waals surface area contributed by atoms with Crippen LogP contribution < -0.4 is 10.2 Å². The average molecular weight is 542 g/mol. The number of nitro groups is 1. The van der Waals surface area contributed by atoms with Crippen LogP contribution in [-0.4, -0.2) is 64.3 Å². The molecule has 40 heavy (non-hydrogen) atoms. The number of para-hydroxylation sites is 1. The SMILES string of the molecule is CC(NC(=O)CN1CN(c2ccccc2)C2(CCN(C(=O)c3cccc([N+](=O)[O-])c3)CC2)C1=O)c1ccccc1. The van der Waals surface area contributed by atoms with Crippen LogP contribution in [0.1, 0.15) is 41.7 Å². The largest absolute Gasteiger partial charge is 0.348 e. The predicted molar refractivity (Wildman–Crippen MR) is 149 cm³/mol. The van der Waals surface area contributed by atoms with E-state index >= 15 is 0 Å². The number of hydrogen-bond donors (Lipinski definition) is 1. The molecule has 0 radical (unpaired) electrons. The van der Waals surface area contributed by atoms with Gasteiger partial charge < -0.3 is 20.0 Å². The van der Waals surface area contributed by atoms with E-state index in [1.54, 1.807) is 15.9 Å². The summed E-state index contributed by atoms with van der Waals surface area (Å²) in [6, 6.07) is 24.7. The molecule has 0 saturated carbocycles. The Morgan fingerprint density at radius 2 is 1.62 bits per heavy atom. The monoisotopic (exact) mass is 541 g/mol. The Hall–Kier alpha value is -4.73. The Morgan fingerprint density at radius 1 is 0.975 bits per heavy atom. The molecule has 10 heteroatoms. The topological polar surface area (TPSA) is 116 Å². The van der Waals surface area contributed by atoms with Gasteiger partial charge in [-0.15, -0.1) is 0 Å². The summed E-state index contributed by atoms with van der Waals surface area (Å²) in [6.07, 6.45) is 0.750. The molecule has 1 atom stereocenters. The van der Waals surface area contributed by atoms with E-state index in [9.17, 15) is 24.5 Å². The minimum atomic E-state index is -0.897. The zero-order valence-electron chi connectivity index (χ0n) is 22.2. The highest BCUT2D eigenvalue weighted by molar-refractivity contribution is 5.98. The van der Waals surface area contributed by atoms with E-state index in [-0.39, 0.29) is 48.2 Å². The smallest absolute Gasteiger partial charge is 0.270 e. The molecule has 2 aliphatic heterocycles. The van der Waals surface area contributed by atoms with Gasteiger partial charge >= 0.3 is 0 Å². The molecule has 2 aliphatic rings. The summed E-state index contributed by atoms with van der Waals surface area (Å²) in [5.41, 5.74) is 1.05. The van der Waals surface area contributed by atoms with Crippen LogP contribution in [0.3, 0.4) is 0 Å². The highest BCUT2D eigenvalue weighted by Crippen LogP contribution is 2.39. The molecule has 2 fully saturated rings. The van der Waals surface area contributed by atoms with Gasteiger partial charge in [0.05, 0.1) is 17.6 Å². The summed E-state index contributed by atoms with van der Waals surface area (Å²) in [6.45, 7) is 2.71. The third kappa shape index (κ3) is 5.25. The first-order valence-electron chi connectivity index (χ1n) is 13.3. The number of anilines is 1. The molecule has 10 nitrogen and oxygen atoms in total.